The molecule has 0 aromatic rings. The first-order valence-electron chi connectivity index (χ1n) is 8.58. The molecule has 0 aromatic carbocycles. The molecule has 0 amide bonds. The van der Waals surface area contributed by atoms with Crippen molar-refractivity contribution in [3.8, 4) is 0 Å². The Morgan fingerprint density at radius 2 is 1.74 bits per heavy atom. The summed E-state index contributed by atoms with van der Waals surface area (Å²) in [5, 5.41) is 0. The van der Waals surface area contributed by atoms with Crippen LogP contribution >= 0.6 is 0 Å². The van der Waals surface area contributed by atoms with Crippen LogP contribution in [0, 0.1) is 23.2 Å². The Kier molecular flexibility index (Phi) is 4.35. The third-order valence-electron chi connectivity index (χ3n) is 6.13. The van der Waals surface area contributed by atoms with E-state index in [0.717, 1.165) is 0 Å². The van der Waals surface area contributed by atoms with Crippen molar-refractivity contribution in [2.45, 2.75) is 45.4 Å². The van der Waals surface area contributed by atoms with Gasteiger partial charge in [-0.3, -0.25) is 9.59 Å². The van der Waals surface area contributed by atoms with E-state index in [1.807, 2.05) is 0 Å². The molecule has 3 aliphatic rings. The van der Waals surface area contributed by atoms with Crippen LogP contribution < -0.4 is 0 Å². The maximum absolute atomic E-state index is 12.4. The van der Waals surface area contributed by atoms with Gasteiger partial charge in [-0.05, 0) is 50.4 Å². The van der Waals surface area contributed by atoms with Crippen molar-refractivity contribution >= 4 is 11.9 Å². The zero-order valence-corrected chi connectivity index (χ0v) is 14.3. The molecule has 126 valence electrons. The van der Waals surface area contributed by atoms with Crippen LogP contribution in [0.2, 0.25) is 0 Å². The van der Waals surface area contributed by atoms with Crippen LogP contribution in [-0.4, -0.2) is 26.2 Å². The van der Waals surface area contributed by atoms with E-state index in [9.17, 15) is 9.59 Å². The van der Waals surface area contributed by atoms with Crippen LogP contribution in [0.1, 0.15) is 45.4 Å². The second kappa shape index (κ2) is 6.14. The molecule has 3 aliphatic carbocycles. The smallest absolute Gasteiger partial charge is 0.323 e. The molecule has 2 saturated carbocycles. The van der Waals surface area contributed by atoms with Crippen LogP contribution in [0.5, 0.6) is 0 Å². The van der Waals surface area contributed by atoms with E-state index in [4.69, 9.17) is 9.47 Å². The fourth-order valence-corrected chi connectivity index (χ4v) is 4.87. The molecule has 2 fully saturated rings. The molecule has 0 N–H and O–H groups in total. The van der Waals surface area contributed by atoms with Gasteiger partial charge in [0.25, 0.3) is 0 Å². The molecule has 0 radical (unpaired) electrons. The summed E-state index contributed by atoms with van der Waals surface area (Å²) in [7, 11) is 2.69. The monoisotopic (exact) mass is 318 g/mol. The summed E-state index contributed by atoms with van der Waals surface area (Å²) >= 11 is 0. The van der Waals surface area contributed by atoms with Crippen molar-refractivity contribution < 1.29 is 19.1 Å². The van der Waals surface area contributed by atoms with Gasteiger partial charge in [0.2, 0.25) is 0 Å². The fraction of sp³-hybridized carbons (Fsp3) is 0.684. The maximum atomic E-state index is 12.4. The number of hydrogen-bond acceptors (Lipinski definition) is 4. The molecular weight excluding hydrogens is 292 g/mol. The van der Waals surface area contributed by atoms with Crippen molar-refractivity contribution in [2.75, 3.05) is 14.2 Å². The molecule has 0 heterocycles. The van der Waals surface area contributed by atoms with Gasteiger partial charge in [0.15, 0.2) is 5.41 Å². The highest BCUT2D eigenvalue weighted by Crippen LogP contribution is 2.52. The highest BCUT2D eigenvalue weighted by molar-refractivity contribution is 6.01. The quantitative estimate of drug-likeness (QED) is 0.445. The minimum Gasteiger partial charge on any atom is -0.468 e. The van der Waals surface area contributed by atoms with Crippen LogP contribution in [-0.2, 0) is 19.1 Å². The lowest BCUT2D eigenvalue weighted by molar-refractivity contribution is -0.168. The summed E-state index contributed by atoms with van der Waals surface area (Å²) < 4.78 is 9.91. The zero-order valence-electron chi connectivity index (χ0n) is 14.3. The third-order valence-corrected chi connectivity index (χ3v) is 6.13. The van der Waals surface area contributed by atoms with Crippen LogP contribution in [0.4, 0.5) is 0 Å². The first-order valence-corrected chi connectivity index (χ1v) is 8.58. The van der Waals surface area contributed by atoms with Crippen molar-refractivity contribution in [1.82, 2.24) is 0 Å². The predicted molar refractivity (Wildman–Crippen MR) is 86.5 cm³/mol. The second-order valence-corrected chi connectivity index (χ2v) is 7.20. The number of fused-ring (bicyclic) bond motifs is 2. The Morgan fingerprint density at radius 1 is 1.09 bits per heavy atom. The number of allylic oxidation sites excluding steroid dienone is 4. The largest absolute Gasteiger partial charge is 0.468 e. The summed E-state index contributed by atoms with van der Waals surface area (Å²) in [6, 6.07) is 0. The number of methoxy groups -OCH3 is 2. The van der Waals surface area contributed by atoms with Gasteiger partial charge in [0.1, 0.15) is 0 Å². The minimum absolute atomic E-state index is 0.152. The van der Waals surface area contributed by atoms with Gasteiger partial charge in [0.05, 0.1) is 14.2 Å². The molecule has 0 saturated heterocycles. The zero-order chi connectivity index (χ0) is 16.6. The van der Waals surface area contributed by atoms with Gasteiger partial charge < -0.3 is 9.47 Å². The third kappa shape index (κ3) is 2.52. The first kappa shape index (κ1) is 16.3. The van der Waals surface area contributed by atoms with E-state index in [0.29, 0.717) is 24.7 Å². The maximum Gasteiger partial charge on any atom is 0.323 e. The Morgan fingerprint density at radius 3 is 2.39 bits per heavy atom. The second-order valence-electron chi connectivity index (χ2n) is 7.20. The highest BCUT2D eigenvalue weighted by atomic mass is 16.5. The summed E-state index contributed by atoms with van der Waals surface area (Å²) in [4.78, 5) is 24.8. The fourth-order valence-electron chi connectivity index (χ4n) is 4.87. The van der Waals surface area contributed by atoms with Crippen LogP contribution in [0.25, 0.3) is 0 Å². The average Bonchev–Trinajstić information content (AvgIpc) is 2.93. The molecule has 4 heteroatoms. The van der Waals surface area contributed by atoms with Crippen molar-refractivity contribution in [3.63, 3.8) is 0 Å². The van der Waals surface area contributed by atoms with Gasteiger partial charge in [-0.15, -0.1) is 0 Å². The molecule has 23 heavy (non-hydrogen) atoms. The van der Waals surface area contributed by atoms with E-state index in [-0.39, 0.29) is 5.92 Å². The molecule has 3 rings (SSSR count). The molecule has 4 nitrogen and oxygen atoms in total. The molecular formula is C19H26O4. The van der Waals surface area contributed by atoms with E-state index in [1.54, 1.807) is 0 Å². The lowest BCUT2D eigenvalue weighted by atomic mass is 9.74. The van der Waals surface area contributed by atoms with Gasteiger partial charge >= 0.3 is 11.9 Å². The number of esters is 2. The van der Waals surface area contributed by atoms with Gasteiger partial charge in [-0.25, -0.2) is 0 Å². The lowest BCUT2D eigenvalue weighted by Gasteiger charge is -2.31. The number of rotatable bonds is 2. The normalized spacial score (nSPS) is 31.9. The van der Waals surface area contributed by atoms with Gasteiger partial charge in [-0.2, -0.15) is 0 Å². The molecule has 0 spiro atoms. The van der Waals surface area contributed by atoms with E-state index in [1.165, 1.54) is 51.0 Å². The predicted octanol–water partition coefficient (Wildman–Crippen LogP) is 3.42. The van der Waals surface area contributed by atoms with Gasteiger partial charge in [-0.1, -0.05) is 36.1 Å². The molecule has 0 aliphatic heterocycles. The number of hydrogen-bond donors (Lipinski definition) is 0. The SMILES string of the molecule is COC(=O)C1(C(=O)OC)CC2=C(C)[C@H]3CCCC[C@H]3C=C[C@H]2C1. The first-order chi connectivity index (χ1) is 11.0. The van der Waals surface area contributed by atoms with E-state index in [2.05, 4.69) is 19.1 Å². The van der Waals surface area contributed by atoms with Crippen molar-refractivity contribution in [1.29, 1.82) is 0 Å². The molecule has 0 unspecified atom stereocenters. The standard InChI is InChI=1S/C19H26O4/c1-12-15-7-5-4-6-13(15)8-9-14-10-19(11-16(12)14,17(20)22-2)18(21)23-3/h8-9,13-15H,4-7,10-11H2,1-3H3/t13-,14-,15+/m0/s1. The minimum atomic E-state index is -1.17. The summed E-state index contributed by atoms with van der Waals surface area (Å²) in [6.07, 6.45) is 10.5. The Hall–Kier alpha value is -1.58. The lowest BCUT2D eigenvalue weighted by Crippen LogP contribution is -2.39. The number of carbonyl (C=O) groups is 2. The van der Waals surface area contributed by atoms with E-state index >= 15 is 0 Å². The van der Waals surface area contributed by atoms with E-state index < -0.39 is 17.4 Å². The summed E-state index contributed by atoms with van der Waals surface area (Å²) in [6.45, 7) is 2.20. The average molecular weight is 318 g/mol. The Labute approximate surface area is 137 Å². The summed E-state index contributed by atoms with van der Waals surface area (Å²) in [5.74, 6) is 0.398. The number of carbonyl (C=O) groups excluding carboxylic acids is 2. The van der Waals surface area contributed by atoms with Crippen LogP contribution in [0.15, 0.2) is 23.3 Å². The Bertz CT molecular complexity index is 556. The van der Waals surface area contributed by atoms with Crippen LogP contribution in [0.3, 0.4) is 0 Å². The van der Waals surface area contributed by atoms with Crippen molar-refractivity contribution in [2.24, 2.45) is 23.2 Å². The highest BCUT2D eigenvalue weighted by Gasteiger charge is 2.56. The molecule has 0 aromatic heterocycles. The Balaban J connectivity index is 2.00. The topological polar surface area (TPSA) is 52.6 Å². The molecule has 3 atom stereocenters. The van der Waals surface area contributed by atoms with Crippen molar-refractivity contribution in [3.05, 3.63) is 23.3 Å². The molecule has 0 bridgehead atoms. The van der Waals surface area contributed by atoms with Gasteiger partial charge in [0, 0.05) is 0 Å². The summed E-state index contributed by atoms with van der Waals surface area (Å²) in [5.41, 5.74) is 1.47. The number of ether oxygens (including phenoxy) is 2.